The van der Waals surface area contributed by atoms with Crippen LogP contribution in [0.2, 0.25) is 0 Å². The number of amides is 3. The maximum atomic E-state index is 12.5. The number of hydrogen-bond acceptors (Lipinski definition) is 3. The average molecular weight is 429 g/mol. The second-order valence-corrected chi connectivity index (χ2v) is 7.77. The molecule has 3 aromatic rings. The van der Waals surface area contributed by atoms with E-state index in [-0.39, 0.29) is 18.5 Å². The number of carboxylic acids is 1. The van der Waals surface area contributed by atoms with Crippen LogP contribution in [0.1, 0.15) is 21.5 Å². The molecule has 0 spiro atoms. The maximum absolute atomic E-state index is 12.5. The summed E-state index contributed by atoms with van der Waals surface area (Å²) in [7, 11) is 0. The van der Waals surface area contributed by atoms with E-state index in [9.17, 15) is 14.4 Å². The van der Waals surface area contributed by atoms with Crippen LogP contribution in [0.15, 0.2) is 66.7 Å². The van der Waals surface area contributed by atoms with Gasteiger partial charge in [-0.05, 0) is 65.9 Å². The van der Waals surface area contributed by atoms with Crippen molar-refractivity contribution in [2.45, 2.75) is 13.3 Å². The van der Waals surface area contributed by atoms with Gasteiger partial charge in [0.1, 0.15) is 6.54 Å². The van der Waals surface area contributed by atoms with Crippen molar-refractivity contribution in [3.05, 3.63) is 83.4 Å². The van der Waals surface area contributed by atoms with E-state index >= 15 is 0 Å². The molecule has 0 fully saturated rings. The quantitative estimate of drug-likeness (QED) is 0.560. The smallest absolute Gasteiger partial charge is 0.323 e. The van der Waals surface area contributed by atoms with Crippen molar-refractivity contribution in [2.24, 2.45) is 0 Å². The Morgan fingerprint density at radius 3 is 2.38 bits per heavy atom. The molecular formula is C25H23N3O4. The summed E-state index contributed by atoms with van der Waals surface area (Å²) in [4.78, 5) is 37.0. The van der Waals surface area contributed by atoms with Crippen molar-refractivity contribution in [3.63, 3.8) is 0 Å². The number of hydrogen-bond donors (Lipinski definition) is 3. The first-order chi connectivity index (χ1) is 15.4. The molecule has 162 valence electrons. The van der Waals surface area contributed by atoms with Crippen molar-refractivity contribution in [2.75, 3.05) is 23.7 Å². The van der Waals surface area contributed by atoms with Crippen LogP contribution in [0.25, 0.3) is 11.1 Å². The van der Waals surface area contributed by atoms with Gasteiger partial charge in [0.25, 0.3) is 5.91 Å². The molecule has 7 heteroatoms. The topological polar surface area (TPSA) is 98.7 Å². The number of benzene rings is 3. The number of fused-ring (bicyclic) bond motifs is 1. The van der Waals surface area contributed by atoms with Gasteiger partial charge in [-0.1, -0.05) is 36.4 Å². The van der Waals surface area contributed by atoms with Crippen LogP contribution in [0.4, 0.5) is 16.2 Å². The predicted octanol–water partition coefficient (Wildman–Crippen LogP) is 4.39. The number of carboxylic acid groups (broad SMARTS) is 1. The van der Waals surface area contributed by atoms with Crippen LogP contribution in [0.3, 0.4) is 0 Å². The van der Waals surface area contributed by atoms with E-state index in [4.69, 9.17) is 5.11 Å². The fourth-order valence-electron chi connectivity index (χ4n) is 3.79. The van der Waals surface area contributed by atoms with Crippen LogP contribution in [0, 0.1) is 6.92 Å². The number of urea groups is 1. The first-order valence-electron chi connectivity index (χ1n) is 10.3. The Kier molecular flexibility index (Phi) is 5.89. The van der Waals surface area contributed by atoms with Gasteiger partial charge in [-0.25, -0.2) is 4.79 Å². The molecular weight excluding hydrogens is 406 g/mol. The largest absolute Gasteiger partial charge is 0.480 e. The summed E-state index contributed by atoms with van der Waals surface area (Å²) in [6.07, 6.45) is 0.612. The van der Waals surface area contributed by atoms with Crippen LogP contribution in [0.5, 0.6) is 0 Å². The highest BCUT2D eigenvalue weighted by molar-refractivity contribution is 6.00. The van der Waals surface area contributed by atoms with E-state index in [2.05, 4.69) is 10.6 Å². The minimum Gasteiger partial charge on any atom is -0.480 e. The third-order valence-corrected chi connectivity index (χ3v) is 5.35. The van der Waals surface area contributed by atoms with Gasteiger partial charge in [-0.15, -0.1) is 0 Å². The predicted molar refractivity (Wildman–Crippen MR) is 123 cm³/mol. The van der Waals surface area contributed by atoms with Gasteiger partial charge in [0.15, 0.2) is 0 Å². The summed E-state index contributed by atoms with van der Waals surface area (Å²) in [5.74, 6) is -1.26. The van der Waals surface area contributed by atoms with Gasteiger partial charge < -0.3 is 20.6 Å². The standard InChI is InChI=1S/C25H23N3O4/c1-16-3-2-4-21(13-16)27-25(32)26-20-8-5-17(6-9-20)18-7-10-22-19(14-18)11-12-28(24(22)31)15-23(29)30/h2-10,13-14H,11-12,15H2,1H3,(H,29,30)(H2,26,27,32). The first-order valence-corrected chi connectivity index (χ1v) is 10.3. The lowest BCUT2D eigenvalue weighted by atomic mass is 9.94. The molecule has 3 N–H and O–H groups in total. The molecule has 3 aromatic carbocycles. The number of anilines is 2. The Morgan fingerprint density at radius 2 is 1.66 bits per heavy atom. The number of nitrogens with zero attached hydrogens (tertiary/aromatic N) is 1. The molecule has 0 radical (unpaired) electrons. The molecule has 0 saturated carbocycles. The number of aliphatic carboxylic acids is 1. The lowest BCUT2D eigenvalue weighted by Gasteiger charge is -2.27. The third-order valence-electron chi connectivity index (χ3n) is 5.35. The number of rotatable bonds is 5. The van der Waals surface area contributed by atoms with Gasteiger partial charge in [0.2, 0.25) is 0 Å². The van der Waals surface area contributed by atoms with Gasteiger partial charge in [-0.2, -0.15) is 0 Å². The molecule has 32 heavy (non-hydrogen) atoms. The zero-order valence-corrected chi connectivity index (χ0v) is 17.6. The lowest BCUT2D eigenvalue weighted by molar-refractivity contribution is -0.137. The summed E-state index contributed by atoms with van der Waals surface area (Å²) in [6, 6.07) is 20.3. The van der Waals surface area contributed by atoms with Gasteiger partial charge in [-0.3, -0.25) is 9.59 Å². The highest BCUT2D eigenvalue weighted by Gasteiger charge is 2.25. The minimum atomic E-state index is -1.01. The third kappa shape index (κ3) is 4.78. The Morgan fingerprint density at radius 1 is 0.938 bits per heavy atom. The molecule has 0 saturated heterocycles. The van der Waals surface area contributed by atoms with Crippen molar-refractivity contribution in [3.8, 4) is 11.1 Å². The number of nitrogens with one attached hydrogen (secondary N) is 2. The number of carbonyl (C=O) groups is 3. The Hall–Kier alpha value is -4.13. The molecule has 4 rings (SSSR count). The van der Waals surface area contributed by atoms with E-state index in [0.29, 0.717) is 24.2 Å². The summed E-state index contributed by atoms with van der Waals surface area (Å²) in [5, 5.41) is 14.6. The minimum absolute atomic E-state index is 0.251. The van der Waals surface area contributed by atoms with E-state index < -0.39 is 5.97 Å². The van der Waals surface area contributed by atoms with Crippen LogP contribution in [-0.4, -0.2) is 41.0 Å². The summed E-state index contributed by atoms with van der Waals surface area (Å²) in [5.41, 5.74) is 5.83. The molecule has 1 heterocycles. The van der Waals surface area contributed by atoms with Gasteiger partial charge in [0, 0.05) is 23.5 Å². The van der Waals surface area contributed by atoms with Crippen molar-refractivity contribution in [1.29, 1.82) is 0 Å². The monoisotopic (exact) mass is 429 g/mol. The van der Waals surface area contributed by atoms with Crippen LogP contribution >= 0.6 is 0 Å². The molecule has 0 unspecified atom stereocenters. The molecule has 0 aliphatic carbocycles. The molecule has 0 aromatic heterocycles. The SMILES string of the molecule is Cc1cccc(NC(=O)Nc2ccc(-c3ccc4c(c3)CCN(CC(=O)O)C4=O)cc2)c1. The van der Waals surface area contributed by atoms with Crippen molar-refractivity contribution in [1.82, 2.24) is 4.90 Å². The second kappa shape index (κ2) is 8.93. The Labute approximate surface area is 185 Å². The van der Waals surface area contributed by atoms with Gasteiger partial charge in [0.05, 0.1) is 0 Å². The summed E-state index contributed by atoms with van der Waals surface area (Å²) < 4.78 is 0. The van der Waals surface area contributed by atoms with E-state index in [1.165, 1.54) is 4.90 Å². The van der Waals surface area contributed by atoms with Crippen LogP contribution < -0.4 is 10.6 Å². The molecule has 1 aliphatic rings. The fraction of sp³-hybridized carbons (Fsp3) is 0.160. The highest BCUT2D eigenvalue weighted by Crippen LogP contribution is 2.27. The Balaban J connectivity index is 1.44. The first kappa shape index (κ1) is 21.1. The van der Waals surface area contributed by atoms with E-state index in [1.807, 2.05) is 67.6 Å². The average Bonchev–Trinajstić information content (AvgIpc) is 2.76. The molecule has 0 atom stereocenters. The lowest BCUT2D eigenvalue weighted by Crippen LogP contribution is -2.40. The van der Waals surface area contributed by atoms with Crippen LogP contribution in [-0.2, 0) is 11.2 Å². The maximum Gasteiger partial charge on any atom is 0.323 e. The summed E-state index contributed by atoms with van der Waals surface area (Å²) >= 11 is 0. The van der Waals surface area contributed by atoms with Crippen molar-refractivity contribution < 1.29 is 19.5 Å². The molecule has 1 aliphatic heterocycles. The molecule has 3 amide bonds. The van der Waals surface area contributed by atoms with Gasteiger partial charge >= 0.3 is 12.0 Å². The summed E-state index contributed by atoms with van der Waals surface area (Å²) in [6.45, 7) is 2.07. The highest BCUT2D eigenvalue weighted by atomic mass is 16.4. The number of carbonyl (C=O) groups excluding carboxylic acids is 2. The van der Waals surface area contributed by atoms with Crippen molar-refractivity contribution >= 4 is 29.3 Å². The number of aryl methyl sites for hydroxylation is 1. The zero-order chi connectivity index (χ0) is 22.7. The Bertz CT molecular complexity index is 1190. The van der Waals surface area contributed by atoms with E-state index in [0.717, 1.165) is 27.9 Å². The zero-order valence-electron chi connectivity index (χ0n) is 17.6. The fourth-order valence-corrected chi connectivity index (χ4v) is 3.79. The van der Waals surface area contributed by atoms with E-state index in [1.54, 1.807) is 6.07 Å². The molecule has 7 nitrogen and oxygen atoms in total. The second-order valence-electron chi connectivity index (χ2n) is 7.77. The normalized spacial score (nSPS) is 12.8. The molecule has 0 bridgehead atoms.